The van der Waals surface area contributed by atoms with Gasteiger partial charge in [0.2, 0.25) is 11.9 Å². The van der Waals surface area contributed by atoms with Crippen molar-refractivity contribution in [2.75, 3.05) is 25.0 Å². The number of anilines is 1. The first-order chi connectivity index (χ1) is 12.6. The molecule has 7 heteroatoms. The molecule has 1 amide bonds. The van der Waals surface area contributed by atoms with Crippen LogP contribution in [0.4, 0.5) is 5.95 Å². The van der Waals surface area contributed by atoms with Crippen LogP contribution in [0.2, 0.25) is 0 Å². The van der Waals surface area contributed by atoms with Gasteiger partial charge in [0.1, 0.15) is 5.60 Å². The molecule has 1 fully saturated rings. The normalized spacial score (nSPS) is 17.3. The van der Waals surface area contributed by atoms with Crippen molar-refractivity contribution in [1.82, 2.24) is 19.9 Å². The lowest BCUT2D eigenvalue weighted by atomic mass is 9.88. The number of para-hydroxylation sites is 2. The number of pyridine rings is 1. The van der Waals surface area contributed by atoms with Gasteiger partial charge in [0.05, 0.1) is 23.3 Å². The summed E-state index contributed by atoms with van der Waals surface area (Å²) >= 11 is 0. The highest BCUT2D eigenvalue weighted by molar-refractivity contribution is 5.92. The summed E-state index contributed by atoms with van der Waals surface area (Å²) in [7, 11) is 0. The largest absolute Gasteiger partial charge is 0.383 e. The highest BCUT2D eigenvalue weighted by Gasteiger charge is 2.35. The zero-order valence-electron chi connectivity index (χ0n) is 14.4. The topological polar surface area (TPSA) is 94.1 Å². The SMILES string of the molecule is O=C(CN1CCC(O)(c2ccccn2)CC1)Nc1nc2ccccc2[nH]1. The Morgan fingerprint density at radius 2 is 1.96 bits per heavy atom. The van der Waals surface area contributed by atoms with E-state index in [9.17, 15) is 9.90 Å². The minimum Gasteiger partial charge on any atom is -0.383 e. The number of hydrogen-bond donors (Lipinski definition) is 3. The van der Waals surface area contributed by atoms with Crippen molar-refractivity contribution < 1.29 is 9.90 Å². The van der Waals surface area contributed by atoms with Crippen LogP contribution in [0.1, 0.15) is 18.5 Å². The lowest BCUT2D eigenvalue weighted by Crippen LogP contribution is -2.45. The zero-order chi connectivity index (χ0) is 18.0. The molecule has 3 N–H and O–H groups in total. The first kappa shape index (κ1) is 16.7. The molecule has 1 aliphatic rings. The van der Waals surface area contributed by atoms with Gasteiger partial charge in [0, 0.05) is 19.3 Å². The summed E-state index contributed by atoms with van der Waals surface area (Å²) in [5, 5.41) is 13.6. The fourth-order valence-corrected chi connectivity index (χ4v) is 3.36. The number of aromatic nitrogens is 3. The number of aromatic amines is 1. The minimum absolute atomic E-state index is 0.118. The molecule has 0 saturated carbocycles. The fourth-order valence-electron chi connectivity index (χ4n) is 3.36. The van der Waals surface area contributed by atoms with Gasteiger partial charge in [-0.1, -0.05) is 18.2 Å². The van der Waals surface area contributed by atoms with E-state index in [-0.39, 0.29) is 12.5 Å². The number of fused-ring (bicyclic) bond motifs is 1. The fraction of sp³-hybridized carbons (Fsp3) is 0.316. The van der Waals surface area contributed by atoms with E-state index in [1.165, 1.54) is 0 Å². The molecular weight excluding hydrogens is 330 g/mol. The van der Waals surface area contributed by atoms with Crippen molar-refractivity contribution in [3.63, 3.8) is 0 Å². The Morgan fingerprint density at radius 3 is 2.69 bits per heavy atom. The van der Waals surface area contributed by atoms with Crippen molar-refractivity contribution in [3.05, 3.63) is 54.4 Å². The number of carbonyl (C=O) groups excluding carboxylic acids is 1. The summed E-state index contributed by atoms with van der Waals surface area (Å²) in [5.74, 6) is 0.338. The van der Waals surface area contributed by atoms with E-state index in [0.29, 0.717) is 37.6 Å². The van der Waals surface area contributed by atoms with E-state index in [1.54, 1.807) is 6.20 Å². The molecule has 1 aliphatic heterocycles. The summed E-state index contributed by atoms with van der Waals surface area (Å²) in [6.07, 6.45) is 2.81. The average molecular weight is 351 g/mol. The van der Waals surface area contributed by atoms with Crippen LogP contribution in [0.5, 0.6) is 0 Å². The van der Waals surface area contributed by atoms with Gasteiger partial charge in [-0.3, -0.25) is 20.0 Å². The van der Waals surface area contributed by atoms with Crippen LogP contribution in [-0.4, -0.2) is 50.5 Å². The number of likely N-dealkylation sites (tertiary alicyclic amines) is 1. The monoisotopic (exact) mass is 351 g/mol. The maximum absolute atomic E-state index is 12.3. The smallest absolute Gasteiger partial charge is 0.240 e. The standard InChI is InChI=1S/C19H21N5O2/c25-17(23-18-21-14-5-1-2-6-15(14)22-18)13-24-11-8-19(26,9-12-24)16-7-3-4-10-20-16/h1-7,10,26H,8-9,11-13H2,(H2,21,22,23,25). The Bertz CT molecular complexity index is 867. The molecule has 1 saturated heterocycles. The van der Waals surface area contributed by atoms with E-state index in [2.05, 4.69) is 20.3 Å². The van der Waals surface area contributed by atoms with Gasteiger partial charge in [0.25, 0.3) is 0 Å². The number of aliphatic hydroxyl groups is 1. The third kappa shape index (κ3) is 3.44. The average Bonchev–Trinajstić information content (AvgIpc) is 3.06. The molecular formula is C19H21N5O2. The molecule has 0 spiro atoms. The number of amides is 1. The first-order valence-corrected chi connectivity index (χ1v) is 8.73. The summed E-state index contributed by atoms with van der Waals surface area (Å²) in [4.78, 5) is 26.1. The Kier molecular flexibility index (Phi) is 4.40. The summed E-state index contributed by atoms with van der Waals surface area (Å²) in [5.41, 5.74) is 1.50. The molecule has 3 aromatic rings. The zero-order valence-corrected chi connectivity index (χ0v) is 14.4. The molecule has 4 rings (SSSR count). The molecule has 1 aromatic carbocycles. The van der Waals surface area contributed by atoms with E-state index in [4.69, 9.17) is 0 Å². The Morgan fingerprint density at radius 1 is 1.19 bits per heavy atom. The first-order valence-electron chi connectivity index (χ1n) is 8.73. The maximum atomic E-state index is 12.3. The highest BCUT2D eigenvalue weighted by atomic mass is 16.3. The lowest BCUT2D eigenvalue weighted by Gasteiger charge is -2.37. The highest BCUT2D eigenvalue weighted by Crippen LogP contribution is 2.31. The van der Waals surface area contributed by atoms with Gasteiger partial charge in [-0.15, -0.1) is 0 Å². The van der Waals surface area contributed by atoms with Crippen molar-refractivity contribution in [3.8, 4) is 0 Å². The third-order valence-corrected chi connectivity index (χ3v) is 4.84. The number of nitrogens with one attached hydrogen (secondary N) is 2. The number of benzene rings is 1. The molecule has 134 valence electrons. The lowest BCUT2D eigenvalue weighted by molar-refractivity contribution is -0.118. The Balaban J connectivity index is 1.33. The van der Waals surface area contributed by atoms with Crippen molar-refractivity contribution in [2.45, 2.75) is 18.4 Å². The quantitative estimate of drug-likeness (QED) is 0.667. The van der Waals surface area contributed by atoms with E-state index in [1.807, 2.05) is 47.4 Å². The molecule has 26 heavy (non-hydrogen) atoms. The number of hydrogen-bond acceptors (Lipinski definition) is 5. The Hall–Kier alpha value is -2.77. The number of rotatable bonds is 4. The van der Waals surface area contributed by atoms with Crippen LogP contribution in [0.15, 0.2) is 48.7 Å². The second kappa shape index (κ2) is 6.86. The molecule has 0 radical (unpaired) electrons. The van der Waals surface area contributed by atoms with Gasteiger partial charge in [-0.25, -0.2) is 4.98 Å². The van der Waals surface area contributed by atoms with E-state index >= 15 is 0 Å². The predicted molar refractivity (Wildman–Crippen MR) is 98.5 cm³/mol. The summed E-state index contributed by atoms with van der Waals surface area (Å²) in [6.45, 7) is 1.55. The summed E-state index contributed by atoms with van der Waals surface area (Å²) in [6, 6.07) is 13.2. The number of piperidine rings is 1. The second-order valence-corrected chi connectivity index (χ2v) is 6.67. The molecule has 7 nitrogen and oxygen atoms in total. The van der Waals surface area contributed by atoms with Crippen molar-refractivity contribution in [2.24, 2.45) is 0 Å². The van der Waals surface area contributed by atoms with Gasteiger partial charge < -0.3 is 10.1 Å². The van der Waals surface area contributed by atoms with E-state index < -0.39 is 5.60 Å². The number of carbonyl (C=O) groups is 1. The molecule has 2 aromatic heterocycles. The van der Waals surface area contributed by atoms with Gasteiger partial charge in [-0.2, -0.15) is 0 Å². The van der Waals surface area contributed by atoms with Gasteiger partial charge in [0.15, 0.2) is 0 Å². The van der Waals surface area contributed by atoms with Crippen LogP contribution >= 0.6 is 0 Å². The number of nitrogens with zero attached hydrogens (tertiary/aromatic N) is 3. The minimum atomic E-state index is -0.910. The molecule has 0 unspecified atom stereocenters. The van der Waals surface area contributed by atoms with Crippen LogP contribution in [0, 0.1) is 0 Å². The van der Waals surface area contributed by atoms with Crippen LogP contribution in [0.25, 0.3) is 11.0 Å². The van der Waals surface area contributed by atoms with Gasteiger partial charge in [-0.05, 0) is 37.1 Å². The molecule has 3 heterocycles. The Labute approximate surface area is 151 Å². The van der Waals surface area contributed by atoms with E-state index in [0.717, 1.165) is 11.0 Å². The predicted octanol–water partition coefficient (Wildman–Crippen LogP) is 1.88. The maximum Gasteiger partial charge on any atom is 0.240 e. The van der Waals surface area contributed by atoms with Crippen LogP contribution < -0.4 is 5.32 Å². The van der Waals surface area contributed by atoms with Crippen LogP contribution in [-0.2, 0) is 10.4 Å². The number of imidazole rings is 1. The summed E-state index contributed by atoms with van der Waals surface area (Å²) < 4.78 is 0. The second-order valence-electron chi connectivity index (χ2n) is 6.67. The molecule has 0 bridgehead atoms. The molecule has 0 aliphatic carbocycles. The molecule has 0 atom stereocenters. The van der Waals surface area contributed by atoms with Crippen molar-refractivity contribution in [1.29, 1.82) is 0 Å². The number of H-pyrrole nitrogens is 1. The third-order valence-electron chi connectivity index (χ3n) is 4.84. The van der Waals surface area contributed by atoms with Crippen LogP contribution in [0.3, 0.4) is 0 Å². The van der Waals surface area contributed by atoms with Crippen molar-refractivity contribution >= 4 is 22.9 Å². The van der Waals surface area contributed by atoms with Gasteiger partial charge >= 0.3 is 0 Å².